The highest BCUT2D eigenvalue weighted by Crippen LogP contribution is 2.06. The quantitative estimate of drug-likeness (QED) is 0.603. The van der Waals surface area contributed by atoms with Crippen molar-refractivity contribution in [1.29, 1.82) is 0 Å². The second-order valence-corrected chi connectivity index (χ2v) is 5.98. The topological polar surface area (TPSA) is 15.3 Å². The zero-order valence-corrected chi connectivity index (χ0v) is 13.2. The van der Waals surface area contributed by atoms with Crippen LogP contribution in [0, 0.1) is 3.57 Å². The van der Waals surface area contributed by atoms with E-state index in [1.807, 2.05) is 0 Å². The summed E-state index contributed by atoms with van der Waals surface area (Å²) < 4.78 is 1.30. The Bertz CT molecular complexity index is 309. The number of nitrogens with one attached hydrogen (secondary N) is 1. The Kier molecular flexibility index (Phi) is 7.08. The maximum absolute atomic E-state index is 3.49. The molecule has 3 heteroatoms. The summed E-state index contributed by atoms with van der Waals surface area (Å²) in [6.07, 6.45) is 1.21. The average molecular weight is 346 g/mol. The van der Waals surface area contributed by atoms with Gasteiger partial charge in [-0.3, -0.25) is 0 Å². The van der Waals surface area contributed by atoms with Crippen LogP contribution in [0.2, 0.25) is 0 Å². The van der Waals surface area contributed by atoms with Crippen LogP contribution in [-0.4, -0.2) is 31.1 Å². The van der Waals surface area contributed by atoms with E-state index in [2.05, 4.69) is 78.0 Å². The van der Waals surface area contributed by atoms with Crippen LogP contribution in [0.1, 0.15) is 25.8 Å². The van der Waals surface area contributed by atoms with Crippen molar-refractivity contribution >= 4 is 22.6 Å². The van der Waals surface area contributed by atoms with Crippen molar-refractivity contribution in [3.8, 4) is 0 Å². The number of hydrogen-bond donors (Lipinski definition) is 1. The highest BCUT2D eigenvalue weighted by Gasteiger charge is 2.01. The molecule has 2 nitrogen and oxygen atoms in total. The lowest BCUT2D eigenvalue weighted by Crippen LogP contribution is -2.29. The largest absolute Gasteiger partial charge is 0.313 e. The lowest BCUT2D eigenvalue weighted by molar-refractivity contribution is 0.269. The molecule has 0 aliphatic heterocycles. The van der Waals surface area contributed by atoms with E-state index >= 15 is 0 Å². The molecule has 0 bridgehead atoms. The van der Waals surface area contributed by atoms with Gasteiger partial charge < -0.3 is 10.2 Å². The lowest BCUT2D eigenvalue weighted by atomic mass is 10.2. The lowest BCUT2D eigenvalue weighted by Gasteiger charge is -2.20. The third-order valence-electron chi connectivity index (χ3n) is 2.99. The van der Waals surface area contributed by atoms with E-state index in [-0.39, 0.29) is 0 Å². The third kappa shape index (κ3) is 6.38. The monoisotopic (exact) mass is 346 g/mol. The molecule has 1 rings (SSSR count). The van der Waals surface area contributed by atoms with Gasteiger partial charge in [-0.15, -0.1) is 0 Å². The maximum Gasteiger partial charge on any atom is 0.0205 e. The smallest absolute Gasteiger partial charge is 0.0205 e. The molecule has 17 heavy (non-hydrogen) atoms. The molecule has 1 aromatic rings. The summed E-state index contributed by atoms with van der Waals surface area (Å²) in [7, 11) is 2.18. The molecule has 0 radical (unpaired) electrons. The molecule has 0 fully saturated rings. The van der Waals surface area contributed by atoms with E-state index < -0.39 is 0 Å². The third-order valence-corrected chi connectivity index (χ3v) is 3.71. The van der Waals surface area contributed by atoms with Gasteiger partial charge in [0.2, 0.25) is 0 Å². The highest BCUT2D eigenvalue weighted by atomic mass is 127. The van der Waals surface area contributed by atoms with E-state index in [9.17, 15) is 0 Å². The van der Waals surface area contributed by atoms with E-state index in [0.29, 0.717) is 6.04 Å². The average Bonchev–Trinajstić information content (AvgIpc) is 2.30. The van der Waals surface area contributed by atoms with Gasteiger partial charge in [-0.05, 0) is 80.7 Å². The summed E-state index contributed by atoms with van der Waals surface area (Å²) in [5.74, 6) is 0. The van der Waals surface area contributed by atoms with Gasteiger partial charge in [0.25, 0.3) is 0 Å². The van der Waals surface area contributed by atoms with Gasteiger partial charge >= 0.3 is 0 Å². The molecule has 96 valence electrons. The molecule has 1 aromatic carbocycles. The van der Waals surface area contributed by atoms with E-state index in [0.717, 1.165) is 19.6 Å². The minimum absolute atomic E-state index is 0.645. The van der Waals surface area contributed by atoms with Crippen molar-refractivity contribution in [2.45, 2.75) is 32.9 Å². The van der Waals surface area contributed by atoms with Crippen molar-refractivity contribution < 1.29 is 0 Å². The van der Waals surface area contributed by atoms with Gasteiger partial charge in [0.05, 0.1) is 0 Å². The molecule has 0 amide bonds. The predicted molar refractivity (Wildman–Crippen MR) is 83.2 cm³/mol. The minimum Gasteiger partial charge on any atom is -0.313 e. The number of halogens is 1. The molecule has 0 saturated heterocycles. The summed E-state index contributed by atoms with van der Waals surface area (Å²) in [4.78, 5) is 2.38. The zero-order valence-electron chi connectivity index (χ0n) is 11.0. The van der Waals surface area contributed by atoms with Crippen LogP contribution in [0.3, 0.4) is 0 Å². The van der Waals surface area contributed by atoms with Gasteiger partial charge in [-0.25, -0.2) is 0 Å². The van der Waals surface area contributed by atoms with Crippen LogP contribution in [0.25, 0.3) is 0 Å². The minimum atomic E-state index is 0.645. The van der Waals surface area contributed by atoms with Crippen molar-refractivity contribution in [1.82, 2.24) is 10.2 Å². The molecule has 0 aliphatic rings. The highest BCUT2D eigenvalue weighted by molar-refractivity contribution is 14.1. The fourth-order valence-electron chi connectivity index (χ4n) is 1.55. The second-order valence-electron chi connectivity index (χ2n) is 4.73. The van der Waals surface area contributed by atoms with Crippen LogP contribution in [-0.2, 0) is 6.54 Å². The molecule has 0 spiro atoms. The standard InChI is InChI=1S/C14H23IN2/c1-12(2)17(3)10-4-9-16-11-13-5-7-14(15)8-6-13/h5-8,12,16H,4,9-11H2,1-3H3. The first-order valence-corrected chi connectivity index (χ1v) is 7.33. The van der Waals surface area contributed by atoms with E-state index in [1.54, 1.807) is 0 Å². The molecular weight excluding hydrogens is 323 g/mol. The van der Waals surface area contributed by atoms with Gasteiger partial charge in [0.15, 0.2) is 0 Å². The number of rotatable bonds is 7. The first-order chi connectivity index (χ1) is 8.09. The number of nitrogens with zero attached hydrogens (tertiary/aromatic N) is 1. The van der Waals surface area contributed by atoms with E-state index in [4.69, 9.17) is 0 Å². The fourth-order valence-corrected chi connectivity index (χ4v) is 1.91. The SMILES string of the molecule is CC(C)N(C)CCCNCc1ccc(I)cc1. The first-order valence-electron chi connectivity index (χ1n) is 6.25. The number of benzene rings is 1. The Hall–Kier alpha value is -0.130. The van der Waals surface area contributed by atoms with Crippen LogP contribution in [0.15, 0.2) is 24.3 Å². The molecule has 0 atom stereocenters. The summed E-state index contributed by atoms with van der Waals surface area (Å²) in [6, 6.07) is 9.34. The summed E-state index contributed by atoms with van der Waals surface area (Å²) >= 11 is 2.33. The second kappa shape index (κ2) is 8.06. The zero-order chi connectivity index (χ0) is 12.7. The van der Waals surface area contributed by atoms with Gasteiger partial charge in [-0.2, -0.15) is 0 Å². The first kappa shape index (κ1) is 14.9. The molecule has 0 heterocycles. The normalized spacial score (nSPS) is 11.4. The molecule has 0 aromatic heterocycles. The van der Waals surface area contributed by atoms with Gasteiger partial charge in [-0.1, -0.05) is 12.1 Å². The van der Waals surface area contributed by atoms with Crippen LogP contribution in [0.4, 0.5) is 0 Å². The van der Waals surface area contributed by atoms with E-state index in [1.165, 1.54) is 15.6 Å². The molecular formula is C14H23IN2. The Labute approximate surface area is 119 Å². The Balaban J connectivity index is 2.10. The molecule has 0 saturated carbocycles. The summed E-state index contributed by atoms with van der Waals surface area (Å²) in [5, 5.41) is 3.49. The van der Waals surface area contributed by atoms with Crippen LogP contribution < -0.4 is 5.32 Å². The van der Waals surface area contributed by atoms with Crippen molar-refractivity contribution in [2.75, 3.05) is 20.1 Å². The fraction of sp³-hybridized carbons (Fsp3) is 0.571. The van der Waals surface area contributed by atoms with Gasteiger partial charge in [0.1, 0.15) is 0 Å². The maximum atomic E-state index is 3.49. The number of hydrogen-bond acceptors (Lipinski definition) is 2. The molecule has 1 N–H and O–H groups in total. The predicted octanol–water partition coefficient (Wildman–Crippen LogP) is 3.11. The van der Waals surface area contributed by atoms with Crippen molar-refractivity contribution in [3.63, 3.8) is 0 Å². The van der Waals surface area contributed by atoms with Crippen LogP contribution >= 0.6 is 22.6 Å². The molecule has 0 unspecified atom stereocenters. The van der Waals surface area contributed by atoms with Crippen molar-refractivity contribution in [2.24, 2.45) is 0 Å². The summed E-state index contributed by atoms with van der Waals surface area (Å²) in [5.41, 5.74) is 1.36. The molecule has 0 aliphatic carbocycles. The summed E-state index contributed by atoms with van der Waals surface area (Å²) in [6.45, 7) is 7.70. The van der Waals surface area contributed by atoms with Crippen LogP contribution in [0.5, 0.6) is 0 Å². The Morgan fingerprint density at radius 3 is 2.47 bits per heavy atom. The van der Waals surface area contributed by atoms with Crippen molar-refractivity contribution in [3.05, 3.63) is 33.4 Å². The Morgan fingerprint density at radius 1 is 1.24 bits per heavy atom. The van der Waals surface area contributed by atoms with Gasteiger partial charge in [0, 0.05) is 16.2 Å². The Morgan fingerprint density at radius 2 is 1.88 bits per heavy atom.